The first-order valence-electron chi connectivity index (χ1n) is 6.36. The zero-order valence-electron chi connectivity index (χ0n) is 11.6. The SMILES string of the molecule is CNCC1CCN(S(=O)(=O)c2ccc(C)cc2Cl)C1.Cl. The molecule has 1 aliphatic rings. The van der Waals surface area contributed by atoms with Crippen LogP contribution in [0.2, 0.25) is 5.02 Å². The Hall–Kier alpha value is -0.330. The summed E-state index contributed by atoms with van der Waals surface area (Å²) in [5, 5.41) is 3.40. The summed E-state index contributed by atoms with van der Waals surface area (Å²) >= 11 is 6.07. The van der Waals surface area contributed by atoms with E-state index < -0.39 is 10.0 Å². The van der Waals surface area contributed by atoms with Crippen molar-refractivity contribution in [2.75, 3.05) is 26.7 Å². The van der Waals surface area contributed by atoms with Crippen LogP contribution in [0.4, 0.5) is 0 Å². The molecule has 1 N–H and O–H groups in total. The summed E-state index contributed by atoms with van der Waals surface area (Å²) in [6, 6.07) is 5.06. The maximum absolute atomic E-state index is 12.5. The van der Waals surface area contributed by atoms with Gasteiger partial charge in [0.2, 0.25) is 10.0 Å². The van der Waals surface area contributed by atoms with E-state index in [-0.39, 0.29) is 17.3 Å². The molecule has 1 unspecified atom stereocenters. The van der Waals surface area contributed by atoms with Crippen molar-refractivity contribution in [1.82, 2.24) is 9.62 Å². The number of rotatable bonds is 4. The summed E-state index contributed by atoms with van der Waals surface area (Å²) in [6.07, 6.45) is 0.892. The highest BCUT2D eigenvalue weighted by Gasteiger charge is 2.33. The molecular weight excluding hydrogens is 319 g/mol. The molecule has 1 aliphatic heterocycles. The second-order valence-electron chi connectivity index (χ2n) is 5.01. The first-order valence-corrected chi connectivity index (χ1v) is 8.18. The summed E-state index contributed by atoms with van der Waals surface area (Å²) in [5.41, 5.74) is 0.957. The van der Waals surface area contributed by atoms with E-state index in [2.05, 4.69) is 5.32 Å². The fourth-order valence-corrected chi connectivity index (χ4v) is 4.53. The molecule has 1 saturated heterocycles. The van der Waals surface area contributed by atoms with Crippen molar-refractivity contribution in [1.29, 1.82) is 0 Å². The number of halogens is 2. The molecule has 0 bridgehead atoms. The van der Waals surface area contributed by atoms with Crippen LogP contribution in [0.1, 0.15) is 12.0 Å². The van der Waals surface area contributed by atoms with Gasteiger partial charge in [0.1, 0.15) is 4.90 Å². The van der Waals surface area contributed by atoms with Crippen molar-refractivity contribution in [2.45, 2.75) is 18.2 Å². The minimum atomic E-state index is -3.46. The Labute approximate surface area is 132 Å². The second-order valence-corrected chi connectivity index (χ2v) is 7.32. The van der Waals surface area contributed by atoms with Gasteiger partial charge in [0.15, 0.2) is 0 Å². The van der Waals surface area contributed by atoms with Crippen LogP contribution in [0.25, 0.3) is 0 Å². The van der Waals surface area contributed by atoms with E-state index in [0.717, 1.165) is 18.5 Å². The van der Waals surface area contributed by atoms with Gasteiger partial charge in [-0.2, -0.15) is 4.31 Å². The fourth-order valence-electron chi connectivity index (χ4n) is 2.42. The standard InChI is InChI=1S/C13H19ClN2O2S.ClH/c1-10-3-4-13(12(14)7-10)19(17,18)16-6-5-11(9-16)8-15-2;/h3-4,7,11,15H,5-6,8-9H2,1-2H3;1H. The quantitative estimate of drug-likeness (QED) is 0.916. The number of nitrogens with zero attached hydrogens (tertiary/aromatic N) is 1. The molecule has 0 saturated carbocycles. The van der Waals surface area contributed by atoms with Crippen LogP contribution in [0.3, 0.4) is 0 Å². The highest BCUT2D eigenvalue weighted by molar-refractivity contribution is 7.89. The Balaban J connectivity index is 0.00000200. The average Bonchev–Trinajstić information content (AvgIpc) is 2.78. The molecule has 0 spiro atoms. The van der Waals surface area contributed by atoms with Crippen LogP contribution in [0, 0.1) is 12.8 Å². The molecule has 20 heavy (non-hydrogen) atoms. The number of sulfonamides is 1. The molecule has 0 aliphatic carbocycles. The third kappa shape index (κ3) is 3.65. The van der Waals surface area contributed by atoms with E-state index in [1.165, 1.54) is 4.31 Å². The van der Waals surface area contributed by atoms with Crippen molar-refractivity contribution in [3.8, 4) is 0 Å². The monoisotopic (exact) mass is 338 g/mol. The zero-order valence-corrected chi connectivity index (χ0v) is 14.0. The maximum Gasteiger partial charge on any atom is 0.244 e. The fraction of sp³-hybridized carbons (Fsp3) is 0.538. The summed E-state index contributed by atoms with van der Waals surface area (Å²) < 4.78 is 26.6. The van der Waals surface area contributed by atoms with Crippen LogP contribution >= 0.6 is 24.0 Å². The molecule has 4 nitrogen and oxygen atoms in total. The highest BCUT2D eigenvalue weighted by Crippen LogP contribution is 2.29. The van der Waals surface area contributed by atoms with E-state index >= 15 is 0 Å². The molecule has 1 atom stereocenters. The first kappa shape index (κ1) is 17.7. The predicted molar refractivity (Wildman–Crippen MR) is 84.2 cm³/mol. The lowest BCUT2D eigenvalue weighted by molar-refractivity contribution is 0.451. The molecule has 114 valence electrons. The van der Waals surface area contributed by atoms with E-state index in [0.29, 0.717) is 24.0 Å². The topological polar surface area (TPSA) is 49.4 Å². The van der Waals surface area contributed by atoms with Crippen molar-refractivity contribution in [3.05, 3.63) is 28.8 Å². The lowest BCUT2D eigenvalue weighted by atomic mass is 10.1. The van der Waals surface area contributed by atoms with Gasteiger partial charge in [-0.25, -0.2) is 8.42 Å². The first-order chi connectivity index (χ1) is 8.95. The summed E-state index contributed by atoms with van der Waals surface area (Å²) in [6.45, 7) is 3.86. The van der Waals surface area contributed by atoms with Crippen molar-refractivity contribution in [3.63, 3.8) is 0 Å². The van der Waals surface area contributed by atoms with Gasteiger partial charge in [-0.3, -0.25) is 0 Å². The van der Waals surface area contributed by atoms with E-state index in [9.17, 15) is 8.42 Å². The van der Waals surface area contributed by atoms with E-state index in [1.807, 2.05) is 14.0 Å². The van der Waals surface area contributed by atoms with Crippen molar-refractivity contribution in [2.24, 2.45) is 5.92 Å². The number of hydrogen-bond donors (Lipinski definition) is 1. The molecule has 1 aromatic carbocycles. The highest BCUT2D eigenvalue weighted by atomic mass is 35.5. The lowest BCUT2D eigenvalue weighted by Crippen LogP contribution is -2.30. The summed E-state index contributed by atoms with van der Waals surface area (Å²) in [5.74, 6) is 0.379. The molecule has 1 aromatic rings. The van der Waals surface area contributed by atoms with Crippen molar-refractivity contribution >= 4 is 34.0 Å². The number of nitrogens with one attached hydrogen (secondary N) is 1. The Morgan fingerprint density at radius 2 is 2.15 bits per heavy atom. The summed E-state index contributed by atoms with van der Waals surface area (Å²) in [7, 11) is -1.58. The molecule has 0 radical (unpaired) electrons. The van der Waals surface area contributed by atoms with Gasteiger partial charge in [0.25, 0.3) is 0 Å². The van der Waals surface area contributed by atoms with Crippen LogP contribution in [0.15, 0.2) is 23.1 Å². The number of aryl methyl sites for hydroxylation is 1. The average molecular weight is 339 g/mol. The molecule has 0 amide bonds. The van der Waals surface area contributed by atoms with Gasteiger partial charge in [0.05, 0.1) is 5.02 Å². The largest absolute Gasteiger partial charge is 0.319 e. The third-order valence-electron chi connectivity index (χ3n) is 3.45. The molecule has 1 fully saturated rings. The van der Waals surface area contributed by atoms with Crippen LogP contribution < -0.4 is 5.32 Å². The Kier molecular flexibility index (Phi) is 6.28. The minimum absolute atomic E-state index is 0. The number of benzene rings is 1. The van der Waals surface area contributed by atoms with Crippen LogP contribution in [0.5, 0.6) is 0 Å². The molecule has 1 heterocycles. The van der Waals surface area contributed by atoms with Gasteiger partial charge in [-0.05, 0) is 50.6 Å². The maximum atomic E-state index is 12.5. The normalized spacial score (nSPS) is 19.9. The second kappa shape index (κ2) is 7.09. The van der Waals surface area contributed by atoms with E-state index in [4.69, 9.17) is 11.6 Å². The Morgan fingerprint density at radius 1 is 1.45 bits per heavy atom. The smallest absolute Gasteiger partial charge is 0.244 e. The van der Waals surface area contributed by atoms with Gasteiger partial charge in [-0.15, -0.1) is 12.4 Å². The molecule has 7 heteroatoms. The Morgan fingerprint density at radius 3 is 2.75 bits per heavy atom. The van der Waals surface area contributed by atoms with Gasteiger partial charge in [0, 0.05) is 13.1 Å². The summed E-state index contributed by atoms with van der Waals surface area (Å²) in [4.78, 5) is 0.213. The van der Waals surface area contributed by atoms with Crippen LogP contribution in [-0.2, 0) is 10.0 Å². The van der Waals surface area contributed by atoms with Gasteiger partial charge < -0.3 is 5.32 Å². The lowest BCUT2D eigenvalue weighted by Gasteiger charge is -2.17. The predicted octanol–water partition coefficient (Wildman–Crippen LogP) is 2.30. The zero-order chi connectivity index (χ0) is 14.0. The molecule has 2 rings (SSSR count). The number of hydrogen-bond acceptors (Lipinski definition) is 3. The van der Waals surface area contributed by atoms with Gasteiger partial charge in [-0.1, -0.05) is 17.7 Å². The van der Waals surface area contributed by atoms with Gasteiger partial charge >= 0.3 is 0 Å². The third-order valence-corrected chi connectivity index (χ3v) is 5.79. The Bertz CT molecular complexity index is 563. The molecular formula is C13H20Cl2N2O2S. The van der Waals surface area contributed by atoms with E-state index in [1.54, 1.807) is 18.2 Å². The van der Waals surface area contributed by atoms with Crippen molar-refractivity contribution < 1.29 is 8.42 Å². The van der Waals surface area contributed by atoms with Crippen LogP contribution in [-0.4, -0.2) is 39.4 Å². The minimum Gasteiger partial charge on any atom is -0.319 e. The molecule has 0 aromatic heterocycles.